The molecular weight excluding hydrogens is 428 g/mol. The van der Waals surface area contributed by atoms with Crippen LogP contribution in [0.3, 0.4) is 0 Å². The molecule has 1 amide bonds. The summed E-state index contributed by atoms with van der Waals surface area (Å²) < 4.78 is 5.42. The number of likely N-dealkylation sites (N-methyl/N-ethyl adjacent to an activating group) is 1. The topological polar surface area (TPSA) is 89.5 Å². The molecule has 9 heteroatoms. The van der Waals surface area contributed by atoms with Gasteiger partial charge in [-0.05, 0) is 37.1 Å². The molecule has 2 heterocycles. The van der Waals surface area contributed by atoms with Crippen molar-refractivity contribution < 1.29 is 9.32 Å². The Morgan fingerprint density at radius 2 is 1.81 bits per heavy atom. The van der Waals surface area contributed by atoms with Gasteiger partial charge in [-0.25, -0.2) is 0 Å². The molecule has 1 aromatic heterocycles. The van der Waals surface area contributed by atoms with Crippen LogP contribution in [0, 0.1) is 11.3 Å². The summed E-state index contributed by atoms with van der Waals surface area (Å²) in [6.07, 6.45) is 4.73. The Bertz CT molecular complexity index is 956. The highest BCUT2D eigenvalue weighted by Gasteiger charge is 2.39. The van der Waals surface area contributed by atoms with Gasteiger partial charge < -0.3 is 9.42 Å². The van der Waals surface area contributed by atoms with E-state index in [4.69, 9.17) is 16.1 Å². The van der Waals surface area contributed by atoms with E-state index in [0.29, 0.717) is 29.8 Å². The van der Waals surface area contributed by atoms with Crippen LogP contribution in [0.15, 0.2) is 28.8 Å². The molecule has 1 saturated carbocycles. The van der Waals surface area contributed by atoms with Gasteiger partial charge >= 0.3 is 0 Å². The summed E-state index contributed by atoms with van der Waals surface area (Å²) in [5.41, 5.74) is 0.238. The van der Waals surface area contributed by atoms with Crippen molar-refractivity contribution in [3.8, 4) is 17.5 Å². The number of aromatic nitrogens is 2. The van der Waals surface area contributed by atoms with Crippen LogP contribution < -0.4 is 0 Å². The van der Waals surface area contributed by atoms with Gasteiger partial charge in [0.15, 0.2) is 0 Å². The molecule has 32 heavy (non-hydrogen) atoms. The van der Waals surface area contributed by atoms with Gasteiger partial charge in [-0.2, -0.15) is 10.2 Å². The van der Waals surface area contributed by atoms with Gasteiger partial charge in [-0.1, -0.05) is 36.0 Å². The van der Waals surface area contributed by atoms with E-state index >= 15 is 0 Å². The first kappa shape index (κ1) is 22.7. The summed E-state index contributed by atoms with van der Waals surface area (Å²) in [5.74, 6) is 1.16. The molecule has 1 aliphatic heterocycles. The fraction of sp³-hybridized carbons (Fsp3) is 0.565. The van der Waals surface area contributed by atoms with E-state index in [2.05, 4.69) is 26.0 Å². The third-order valence-electron chi connectivity index (χ3n) is 6.66. The van der Waals surface area contributed by atoms with Crippen LogP contribution in [0.1, 0.15) is 38.0 Å². The van der Waals surface area contributed by atoms with Crippen LogP contribution in [-0.2, 0) is 11.3 Å². The second-order valence-corrected chi connectivity index (χ2v) is 9.16. The zero-order chi connectivity index (χ0) is 22.6. The van der Waals surface area contributed by atoms with Gasteiger partial charge in [0.2, 0.25) is 17.6 Å². The first-order valence-electron chi connectivity index (χ1n) is 11.2. The van der Waals surface area contributed by atoms with Crippen LogP contribution in [0.25, 0.3) is 11.4 Å². The molecule has 170 valence electrons. The Labute approximate surface area is 193 Å². The molecule has 2 aliphatic rings. The lowest BCUT2D eigenvalue weighted by molar-refractivity contribution is -0.136. The van der Waals surface area contributed by atoms with Crippen LogP contribution in [0.2, 0.25) is 5.02 Å². The van der Waals surface area contributed by atoms with Gasteiger partial charge in [-0.15, -0.1) is 0 Å². The van der Waals surface area contributed by atoms with Crippen molar-refractivity contribution >= 4 is 17.5 Å². The summed E-state index contributed by atoms with van der Waals surface area (Å²) in [6.45, 7) is 4.15. The van der Waals surface area contributed by atoms with Gasteiger partial charge in [0.1, 0.15) is 5.54 Å². The van der Waals surface area contributed by atoms with Crippen molar-refractivity contribution in [1.82, 2.24) is 24.8 Å². The number of hydrogen-bond acceptors (Lipinski definition) is 7. The molecule has 8 nitrogen and oxygen atoms in total. The largest absolute Gasteiger partial charge is 0.338 e. The summed E-state index contributed by atoms with van der Waals surface area (Å²) in [5, 5.41) is 14.5. The minimum atomic E-state index is -0.628. The highest BCUT2D eigenvalue weighted by molar-refractivity contribution is 6.30. The van der Waals surface area contributed by atoms with Crippen molar-refractivity contribution in [3.63, 3.8) is 0 Å². The fourth-order valence-corrected chi connectivity index (χ4v) is 4.65. The number of halogens is 1. The molecular formula is C23H29ClN6O2. The average molecular weight is 457 g/mol. The number of rotatable bonds is 6. The minimum Gasteiger partial charge on any atom is -0.338 e. The number of hydrogen-bond donors (Lipinski definition) is 0. The van der Waals surface area contributed by atoms with Crippen LogP contribution in [0.4, 0.5) is 0 Å². The van der Waals surface area contributed by atoms with E-state index in [9.17, 15) is 10.1 Å². The lowest BCUT2D eigenvalue weighted by Crippen LogP contribution is -2.54. The number of nitriles is 1. The fourth-order valence-electron chi connectivity index (χ4n) is 4.53. The van der Waals surface area contributed by atoms with Crippen molar-refractivity contribution in [2.45, 2.75) is 44.2 Å². The van der Waals surface area contributed by atoms with Crippen molar-refractivity contribution in [3.05, 3.63) is 35.2 Å². The number of carbonyl (C=O) groups is 1. The molecule has 0 spiro atoms. The molecule has 0 atom stereocenters. The molecule has 0 N–H and O–H groups in total. The quantitative estimate of drug-likeness (QED) is 0.659. The number of benzene rings is 1. The number of piperazine rings is 1. The third-order valence-corrected chi connectivity index (χ3v) is 6.91. The monoisotopic (exact) mass is 456 g/mol. The maximum absolute atomic E-state index is 12.9. The van der Waals surface area contributed by atoms with Gasteiger partial charge in [-0.3, -0.25) is 14.6 Å². The lowest BCUT2D eigenvalue weighted by atomic mass is 9.81. The number of carbonyl (C=O) groups excluding carboxylic acids is 1. The molecule has 0 radical (unpaired) electrons. The average Bonchev–Trinajstić information content (AvgIpc) is 3.29. The summed E-state index contributed by atoms with van der Waals surface area (Å²) in [6, 6.07) is 9.78. The summed E-state index contributed by atoms with van der Waals surface area (Å²) in [7, 11) is 1.79. The number of nitrogens with zero attached hydrogens (tertiary/aromatic N) is 6. The lowest BCUT2D eigenvalue weighted by Gasteiger charge is -2.40. The normalized spacial score (nSPS) is 19.4. The Morgan fingerprint density at radius 3 is 2.47 bits per heavy atom. The minimum absolute atomic E-state index is 0.0337. The van der Waals surface area contributed by atoms with E-state index in [-0.39, 0.29) is 5.91 Å². The van der Waals surface area contributed by atoms with Crippen LogP contribution in [0.5, 0.6) is 0 Å². The highest BCUT2D eigenvalue weighted by Crippen LogP contribution is 2.32. The molecule has 2 aromatic rings. The van der Waals surface area contributed by atoms with E-state index in [1.165, 1.54) is 0 Å². The Morgan fingerprint density at radius 1 is 1.16 bits per heavy atom. The number of amides is 1. The van der Waals surface area contributed by atoms with Crippen LogP contribution in [-0.4, -0.2) is 76.1 Å². The first-order valence-corrected chi connectivity index (χ1v) is 11.6. The zero-order valence-electron chi connectivity index (χ0n) is 18.5. The highest BCUT2D eigenvalue weighted by atomic mass is 35.5. The maximum atomic E-state index is 12.9. The zero-order valence-corrected chi connectivity index (χ0v) is 19.2. The predicted octanol–water partition coefficient (Wildman–Crippen LogP) is 3.19. The van der Waals surface area contributed by atoms with E-state index < -0.39 is 5.54 Å². The van der Waals surface area contributed by atoms with E-state index in [1.807, 2.05) is 12.1 Å². The SMILES string of the molecule is CN(C(=O)CN1CCN(Cc2nc(-c3ccc(Cl)cc3)no2)CC1)C1(C#N)CCCCC1. The van der Waals surface area contributed by atoms with Gasteiger partial charge in [0, 0.05) is 43.8 Å². The first-order chi connectivity index (χ1) is 15.5. The molecule has 4 rings (SSSR count). The molecule has 1 aliphatic carbocycles. The predicted molar refractivity (Wildman–Crippen MR) is 121 cm³/mol. The van der Waals surface area contributed by atoms with E-state index in [1.54, 1.807) is 24.1 Å². The smallest absolute Gasteiger partial charge is 0.241 e. The van der Waals surface area contributed by atoms with Crippen molar-refractivity contribution in [2.75, 3.05) is 39.8 Å². The second-order valence-electron chi connectivity index (χ2n) is 8.73. The molecule has 1 aromatic carbocycles. The second kappa shape index (κ2) is 9.99. The molecule has 0 unspecified atom stereocenters. The van der Waals surface area contributed by atoms with Gasteiger partial charge in [0.25, 0.3) is 0 Å². The van der Waals surface area contributed by atoms with E-state index in [0.717, 1.165) is 63.8 Å². The Kier molecular flexibility index (Phi) is 7.09. The van der Waals surface area contributed by atoms with Crippen LogP contribution >= 0.6 is 11.6 Å². The molecule has 2 fully saturated rings. The summed E-state index contributed by atoms with van der Waals surface area (Å²) >= 11 is 5.93. The Hall–Kier alpha value is -2.47. The maximum Gasteiger partial charge on any atom is 0.241 e. The standard InChI is InChI=1S/C23H29ClN6O2/c1-28(23(17-25)9-3-2-4-10-23)21(31)16-30-13-11-29(12-14-30)15-20-26-22(27-32-20)18-5-7-19(24)8-6-18/h5-8H,2-4,9-16H2,1H3. The van der Waals surface area contributed by atoms with Crippen molar-refractivity contribution in [2.24, 2.45) is 0 Å². The third kappa shape index (κ3) is 5.12. The molecule has 0 bridgehead atoms. The van der Waals surface area contributed by atoms with Gasteiger partial charge in [0.05, 0.1) is 19.2 Å². The Balaban J connectivity index is 1.26. The summed E-state index contributed by atoms with van der Waals surface area (Å²) in [4.78, 5) is 23.5. The molecule has 1 saturated heterocycles. The van der Waals surface area contributed by atoms with Crippen molar-refractivity contribution in [1.29, 1.82) is 5.26 Å².